The number of nitrogens with two attached hydrogens (primary N) is 1. The Kier molecular flexibility index (Phi) is 4.33. The van der Waals surface area contributed by atoms with E-state index in [1.165, 1.54) is 4.90 Å². The van der Waals surface area contributed by atoms with Crippen LogP contribution in [0.5, 0.6) is 0 Å². The van der Waals surface area contributed by atoms with Gasteiger partial charge < -0.3 is 0 Å². The number of halogens is 2. The Labute approximate surface area is 129 Å². The fourth-order valence-corrected chi connectivity index (χ4v) is 3.32. The molecule has 0 aromatic carbocycles. The summed E-state index contributed by atoms with van der Waals surface area (Å²) in [5, 5.41) is 5.50. The lowest BCUT2D eigenvalue weighted by Gasteiger charge is -2.15. The molecule has 104 valence electrons. The largest absolute Gasteiger partial charge is 0.296 e. The summed E-state index contributed by atoms with van der Waals surface area (Å²) in [7, 11) is -3.58. The summed E-state index contributed by atoms with van der Waals surface area (Å²) < 4.78 is 22.9. The Morgan fingerprint density at radius 3 is 2.84 bits per heavy atom. The van der Waals surface area contributed by atoms with Gasteiger partial charge in [-0.2, -0.15) is 0 Å². The van der Waals surface area contributed by atoms with E-state index in [4.69, 9.17) is 16.7 Å². The summed E-state index contributed by atoms with van der Waals surface area (Å²) in [5.74, 6) is -0.235. The summed E-state index contributed by atoms with van der Waals surface area (Å²) in [6.07, 6.45) is 1.72. The minimum absolute atomic E-state index is 0.154. The van der Waals surface area contributed by atoms with E-state index in [-0.39, 0.29) is 24.0 Å². The molecule has 2 N–H and O–H groups in total. The number of anilines is 1. The van der Waals surface area contributed by atoms with E-state index in [1.807, 2.05) is 22.6 Å². The molecular weight excluding hydrogens is 405 g/mol. The molecule has 1 aromatic rings. The first-order valence-corrected chi connectivity index (χ1v) is 8.55. The highest BCUT2D eigenvalue weighted by molar-refractivity contribution is 14.1. The number of hydrogen-bond donors (Lipinski definition) is 1. The Morgan fingerprint density at radius 1 is 1.58 bits per heavy atom. The average Bonchev–Trinajstić information content (AvgIpc) is 2.61. The third-order valence-electron chi connectivity index (χ3n) is 2.74. The van der Waals surface area contributed by atoms with Gasteiger partial charge in [-0.15, -0.1) is 0 Å². The highest BCUT2D eigenvalue weighted by Gasteiger charge is 2.33. The van der Waals surface area contributed by atoms with Crippen LogP contribution in [-0.4, -0.2) is 31.6 Å². The lowest BCUT2D eigenvalue weighted by molar-refractivity contribution is -0.117. The summed E-state index contributed by atoms with van der Waals surface area (Å²) in [6, 6.07) is 1.60. The maximum atomic E-state index is 11.9. The van der Waals surface area contributed by atoms with E-state index in [1.54, 1.807) is 12.3 Å². The average molecular weight is 416 g/mol. The van der Waals surface area contributed by atoms with Gasteiger partial charge in [0, 0.05) is 31.1 Å². The van der Waals surface area contributed by atoms with Crippen LogP contribution in [0, 0.1) is 9.49 Å². The maximum absolute atomic E-state index is 11.9. The molecule has 1 aliphatic heterocycles. The van der Waals surface area contributed by atoms with Gasteiger partial charge in [0.2, 0.25) is 15.9 Å². The number of sulfonamides is 1. The smallest absolute Gasteiger partial charge is 0.228 e. The first-order chi connectivity index (χ1) is 8.76. The number of nitrogens with zero attached hydrogens (tertiary/aromatic N) is 2. The van der Waals surface area contributed by atoms with Gasteiger partial charge >= 0.3 is 0 Å². The number of carbonyl (C=O) groups is 1. The molecule has 0 spiro atoms. The maximum Gasteiger partial charge on any atom is 0.228 e. The van der Waals surface area contributed by atoms with Crippen LogP contribution in [0.3, 0.4) is 0 Å². The van der Waals surface area contributed by atoms with Crippen molar-refractivity contribution in [2.75, 3.05) is 17.2 Å². The predicted octanol–water partition coefficient (Wildman–Crippen LogP) is 0.981. The van der Waals surface area contributed by atoms with E-state index >= 15 is 0 Å². The fourth-order valence-electron chi connectivity index (χ4n) is 1.99. The number of carbonyl (C=O) groups excluding carboxylic acids is 1. The van der Waals surface area contributed by atoms with Gasteiger partial charge in [-0.25, -0.2) is 18.5 Å². The van der Waals surface area contributed by atoms with Crippen LogP contribution < -0.4 is 10.0 Å². The molecule has 1 atom stereocenters. The standard InChI is InChI=1S/C10H11ClIN3O3S/c11-7-2-9(14-3-8(7)12)15-4-6(1-10(15)16)5-19(13,17)18/h2-3,6H,1,4-5H2,(H2,13,17,18). The second-order valence-corrected chi connectivity index (χ2v) is 7.59. The van der Waals surface area contributed by atoms with Crippen LogP contribution in [0.15, 0.2) is 12.3 Å². The van der Waals surface area contributed by atoms with Gasteiger partial charge in [0.05, 0.1) is 14.3 Å². The van der Waals surface area contributed by atoms with Crippen molar-refractivity contribution in [1.29, 1.82) is 0 Å². The molecule has 1 unspecified atom stereocenters. The SMILES string of the molecule is NS(=O)(=O)CC1CC(=O)N(c2cc(Cl)c(I)cn2)C1. The molecule has 6 nitrogen and oxygen atoms in total. The van der Waals surface area contributed by atoms with Crippen LogP contribution in [0.2, 0.25) is 5.02 Å². The Bertz CT molecular complexity index is 622. The molecular formula is C10H11ClIN3O3S. The quantitative estimate of drug-likeness (QED) is 0.745. The number of primary sulfonamides is 1. The van der Waals surface area contributed by atoms with Gasteiger partial charge in [0.15, 0.2) is 0 Å². The minimum Gasteiger partial charge on any atom is -0.296 e. The van der Waals surface area contributed by atoms with Gasteiger partial charge in [0.1, 0.15) is 5.82 Å². The lowest BCUT2D eigenvalue weighted by Crippen LogP contribution is -2.28. The number of aromatic nitrogens is 1. The minimum atomic E-state index is -3.58. The molecule has 9 heteroatoms. The zero-order chi connectivity index (χ0) is 14.2. The molecule has 0 radical (unpaired) electrons. The molecule has 1 saturated heterocycles. The number of hydrogen-bond acceptors (Lipinski definition) is 4. The fraction of sp³-hybridized carbons (Fsp3) is 0.400. The zero-order valence-electron chi connectivity index (χ0n) is 9.71. The van der Waals surface area contributed by atoms with E-state index in [0.717, 1.165) is 3.57 Å². The van der Waals surface area contributed by atoms with Crippen molar-refractivity contribution in [3.63, 3.8) is 0 Å². The molecule has 1 aliphatic rings. The molecule has 0 saturated carbocycles. The Hall–Kier alpha value is -0.450. The Balaban J connectivity index is 2.18. The van der Waals surface area contributed by atoms with Crippen LogP contribution in [0.1, 0.15) is 6.42 Å². The molecule has 1 fully saturated rings. The first-order valence-electron chi connectivity index (χ1n) is 5.38. The summed E-state index contributed by atoms with van der Waals surface area (Å²) in [6.45, 7) is 0.291. The summed E-state index contributed by atoms with van der Waals surface area (Å²) in [5.41, 5.74) is 0. The van der Waals surface area contributed by atoms with Gasteiger partial charge in [-0.05, 0) is 22.6 Å². The topological polar surface area (TPSA) is 93.4 Å². The van der Waals surface area contributed by atoms with E-state index in [2.05, 4.69) is 4.98 Å². The molecule has 2 rings (SSSR count). The molecule has 0 aliphatic carbocycles. The number of amides is 1. The van der Waals surface area contributed by atoms with E-state index in [9.17, 15) is 13.2 Å². The van der Waals surface area contributed by atoms with Crippen LogP contribution in [-0.2, 0) is 14.8 Å². The molecule has 19 heavy (non-hydrogen) atoms. The van der Waals surface area contributed by atoms with Crippen LogP contribution >= 0.6 is 34.2 Å². The number of rotatable bonds is 3. The van der Waals surface area contributed by atoms with Crippen LogP contribution in [0.4, 0.5) is 5.82 Å². The molecule has 2 heterocycles. The second kappa shape index (κ2) is 5.51. The van der Waals surface area contributed by atoms with Crippen LogP contribution in [0.25, 0.3) is 0 Å². The highest BCUT2D eigenvalue weighted by Crippen LogP contribution is 2.27. The predicted molar refractivity (Wildman–Crippen MR) is 80.4 cm³/mol. The molecule has 0 bridgehead atoms. The van der Waals surface area contributed by atoms with Crippen molar-refractivity contribution in [2.24, 2.45) is 11.1 Å². The second-order valence-electron chi connectivity index (χ2n) is 4.36. The van der Waals surface area contributed by atoms with Crippen molar-refractivity contribution in [2.45, 2.75) is 6.42 Å². The first kappa shape index (κ1) is 14.9. The summed E-state index contributed by atoms with van der Waals surface area (Å²) >= 11 is 8.02. The van der Waals surface area contributed by atoms with E-state index < -0.39 is 10.0 Å². The Morgan fingerprint density at radius 2 is 2.26 bits per heavy atom. The van der Waals surface area contributed by atoms with Crippen molar-refractivity contribution >= 4 is 55.9 Å². The third kappa shape index (κ3) is 3.77. The number of pyridine rings is 1. The zero-order valence-corrected chi connectivity index (χ0v) is 13.4. The monoisotopic (exact) mass is 415 g/mol. The lowest BCUT2D eigenvalue weighted by atomic mass is 10.1. The molecule has 1 aromatic heterocycles. The van der Waals surface area contributed by atoms with Crippen molar-refractivity contribution in [3.05, 3.63) is 20.9 Å². The van der Waals surface area contributed by atoms with Crippen molar-refractivity contribution < 1.29 is 13.2 Å². The van der Waals surface area contributed by atoms with Crippen molar-refractivity contribution in [3.8, 4) is 0 Å². The summed E-state index contributed by atoms with van der Waals surface area (Å²) in [4.78, 5) is 17.4. The van der Waals surface area contributed by atoms with Crippen molar-refractivity contribution in [1.82, 2.24) is 4.98 Å². The van der Waals surface area contributed by atoms with Gasteiger partial charge in [-0.1, -0.05) is 11.6 Å². The van der Waals surface area contributed by atoms with E-state index in [0.29, 0.717) is 17.4 Å². The molecule has 1 amide bonds. The van der Waals surface area contributed by atoms with Gasteiger partial charge in [0.25, 0.3) is 0 Å². The third-order valence-corrected chi connectivity index (χ3v) is 5.17. The van der Waals surface area contributed by atoms with Gasteiger partial charge in [-0.3, -0.25) is 9.69 Å². The normalized spacial score (nSPS) is 20.1. The highest BCUT2D eigenvalue weighted by atomic mass is 127.